The fourth-order valence-corrected chi connectivity index (χ4v) is 7.62. The summed E-state index contributed by atoms with van der Waals surface area (Å²) in [5.74, 6) is -0.267. The molecule has 11 heteroatoms. The Bertz CT molecular complexity index is 1150. The molecule has 8 N–H and O–H groups in total. The van der Waals surface area contributed by atoms with Crippen LogP contribution in [0.5, 0.6) is 5.75 Å². The molecular formula is C34H58N2O9. The molecule has 2 aliphatic rings. The van der Waals surface area contributed by atoms with E-state index in [2.05, 4.69) is 24.9 Å². The molecule has 2 aliphatic heterocycles. The number of hydrogen-bond acceptors (Lipinski definition) is 9. The lowest BCUT2D eigenvalue weighted by atomic mass is 9.75. The molecule has 11 nitrogen and oxygen atoms in total. The molecule has 2 saturated heterocycles. The molecule has 0 aromatic heterocycles. The summed E-state index contributed by atoms with van der Waals surface area (Å²) in [6.07, 6.45) is 3.50. The number of aryl methyl sites for hydroxylation is 2. The van der Waals surface area contributed by atoms with Crippen molar-refractivity contribution in [2.24, 2.45) is 28.8 Å². The SMILES string of the molecule is CCC(C(=NO)C(C)C(O)C(C)CCc1ccc(C)c([O-])c1C(=O)O)C1OC(CC)(C2CCC(O)(CC)C(C)O2)CC1C.[NH3+]O. The Morgan fingerprint density at radius 2 is 1.82 bits per heavy atom. The van der Waals surface area contributed by atoms with Crippen molar-refractivity contribution in [3.05, 3.63) is 28.8 Å². The lowest BCUT2D eigenvalue weighted by Gasteiger charge is -2.47. The number of rotatable bonds is 13. The summed E-state index contributed by atoms with van der Waals surface area (Å²) in [4.78, 5) is 11.8. The van der Waals surface area contributed by atoms with Gasteiger partial charge in [-0.1, -0.05) is 70.1 Å². The number of aliphatic hydroxyl groups is 2. The highest BCUT2D eigenvalue weighted by atomic mass is 16.6. The molecule has 0 radical (unpaired) electrons. The van der Waals surface area contributed by atoms with Crippen LogP contribution in [0, 0.1) is 30.6 Å². The second-order valence-corrected chi connectivity index (χ2v) is 13.3. The maximum Gasteiger partial charge on any atom is 0.335 e. The highest BCUT2D eigenvalue weighted by Crippen LogP contribution is 2.48. The normalized spacial score (nSPS) is 31.4. The Morgan fingerprint density at radius 1 is 1.18 bits per heavy atom. The maximum atomic E-state index is 12.4. The van der Waals surface area contributed by atoms with Gasteiger partial charge in [0.2, 0.25) is 0 Å². The van der Waals surface area contributed by atoms with Gasteiger partial charge in [-0.3, -0.25) is 0 Å². The Labute approximate surface area is 268 Å². The average Bonchev–Trinajstić information content (AvgIpc) is 3.38. The van der Waals surface area contributed by atoms with Gasteiger partial charge in [-0.05, 0) is 82.6 Å². The molecule has 1 aromatic carbocycles. The summed E-state index contributed by atoms with van der Waals surface area (Å²) < 4.78 is 13.4. The van der Waals surface area contributed by atoms with Crippen LogP contribution in [0.25, 0.3) is 0 Å². The quantitative estimate of drug-likeness (QED) is 0.105. The van der Waals surface area contributed by atoms with E-state index < -0.39 is 34.9 Å². The zero-order valence-electron chi connectivity index (χ0n) is 28.5. The summed E-state index contributed by atoms with van der Waals surface area (Å²) >= 11 is 0. The Morgan fingerprint density at radius 3 is 2.33 bits per heavy atom. The van der Waals surface area contributed by atoms with E-state index in [9.17, 15) is 30.4 Å². The maximum absolute atomic E-state index is 12.4. The van der Waals surface area contributed by atoms with Crippen molar-refractivity contribution in [1.29, 1.82) is 0 Å². The van der Waals surface area contributed by atoms with Gasteiger partial charge in [-0.15, -0.1) is 0 Å². The van der Waals surface area contributed by atoms with Crippen LogP contribution in [0.3, 0.4) is 0 Å². The lowest BCUT2D eigenvalue weighted by Crippen LogP contribution is -2.55. The van der Waals surface area contributed by atoms with Gasteiger partial charge in [0.1, 0.15) is 0 Å². The summed E-state index contributed by atoms with van der Waals surface area (Å²) in [6, 6.07) is 3.31. The topological polar surface area (TPSA) is 200 Å². The zero-order valence-corrected chi connectivity index (χ0v) is 28.5. The van der Waals surface area contributed by atoms with Crippen LogP contribution in [0.1, 0.15) is 115 Å². The van der Waals surface area contributed by atoms with Crippen LogP contribution in [0.4, 0.5) is 0 Å². The molecule has 0 spiro atoms. The first-order chi connectivity index (χ1) is 21.2. The minimum atomic E-state index is -1.24. The fraction of sp³-hybridized carbons (Fsp3) is 0.765. The summed E-state index contributed by atoms with van der Waals surface area (Å²) in [6.45, 7) is 15.6. The van der Waals surface area contributed by atoms with Crippen LogP contribution in [0.2, 0.25) is 0 Å². The van der Waals surface area contributed by atoms with Crippen LogP contribution in [-0.2, 0) is 15.9 Å². The van der Waals surface area contributed by atoms with E-state index in [1.54, 1.807) is 19.1 Å². The summed E-state index contributed by atoms with van der Waals surface area (Å²) in [5, 5.41) is 65.1. The van der Waals surface area contributed by atoms with Crippen LogP contribution < -0.4 is 11.0 Å². The number of oxime groups is 1. The van der Waals surface area contributed by atoms with Gasteiger partial charge in [0.25, 0.3) is 0 Å². The van der Waals surface area contributed by atoms with Gasteiger partial charge in [0.05, 0.1) is 46.9 Å². The standard InChI is InChI=1S/C34H55NO8.H4NO/c1-9-25(31-21(6)18-34(11-3,43-31)26-16-17-33(40,10-2)23(8)42-26)28(35-41)22(7)29(36)19(4)12-14-24-15-13-20(5)30(37)27(24)32(38)39;1-2/h13,15,19,21-23,25-26,29,31,36-37,40-41H,9-12,14,16-18H2,1-8H3,(H,38,39);2H,1H3/q;+1/p-1. The number of nitrogens with zero attached hydrogens (tertiary/aromatic N) is 1. The van der Waals surface area contributed by atoms with Crippen molar-refractivity contribution < 1.29 is 51.0 Å². The molecule has 3 rings (SSSR count). The van der Waals surface area contributed by atoms with E-state index in [0.717, 1.165) is 12.8 Å². The van der Waals surface area contributed by atoms with Crippen molar-refractivity contribution in [1.82, 2.24) is 0 Å². The third-order valence-corrected chi connectivity index (χ3v) is 10.8. The predicted molar refractivity (Wildman–Crippen MR) is 168 cm³/mol. The monoisotopic (exact) mass is 638 g/mol. The number of aliphatic hydroxyl groups excluding tert-OH is 1. The van der Waals surface area contributed by atoms with E-state index in [-0.39, 0.29) is 41.6 Å². The largest absolute Gasteiger partial charge is 0.872 e. The van der Waals surface area contributed by atoms with E-state index in [0.29, 0.717) is 55.4 Å². The summed E-state index contributed by atoms with van der Waals surface area (Å²) in [5.41, 5.74) is -0.204. The first-order valence-electron chi connectivity index (χ1n) is 16.5. The second kappa shape index (κ2) is 16.5. The molecule has 0 amide bonds. The minimum absolute atomic E-state index is 0.145. The molecule has 45 heavy (non-hydrogen) atoms. The van der Waals surface area contributed by atoms with Gasteiger partial charge in [-0.25, -0.2) is 15.9 Å². The third kappa shape index (κ3) is 8.18. The average molecular weight is 639 g/mol. The van der Waals surface area contributed by atoms with Gasteiger partial charge in [-0.2, -0.15) is 0 Å². The number of carboxylic acids is 1. The lowest BCUT2D eigenvalue weighted by molar-refractivity contribution is -0.670. The minimum Gasteiger partial charge on any atom is -0.872 e. The molecule has 10 unspecified atom stereocenters. The molecule has 0 saturated carbocycles. The molecule has 258 valence electrons. The first kappa shape index (κ1) is 38.9. The van der Waals surface area contributed by atoms with Crippen LogP contribution in [0.15, 0.2) is 17.3 Å². The number of carboxylic acid groups (broad SMARTS) is 1. The highest BCUT2D eigenvalue weighted by Gasteiger charge is 2.55. The number of quaternary nitrogens is 1. The van der Waals surface area contributed by atoms with Crippen molar-refractivity contribution >= 4 is 11.7 Å². The van der Waals surface area contributed by atoms with E-state index in [1.165, 1.54) is 0 Å². The van der Waals surface area contributed by atoms with E-state index in [4.69, 9.17) is 14.7 Å². The van der Waals surface area contributed by atoms with Gasteiger partial charge in [0.15, 0.2) is 0 Å². The van der Waals surface area contributed by atoms with E-state index in [1.807, 2.05) is 34.6 Å². The van der Waals surface area contributed by atoms with Gasteiger partial charge < -0.3 is 35.1 Å². The summed E-state index contributed by atoms with van der Waals surface area (Å²) in [7, 11) is 0. The fourth-order valence-electron chi connectivity index (χ4n) is 7.62. The zero-order chi connectivity index (χ0) is 34.3. The van der Waals surface area contributed by atoms with E-state index >= 15 is 0 Å². The molecule has 0 bridgehead atoms. The van der Waals surface area contributed by atoms with Gasteiger partial charge >= 0.3 is 5.97 Å². The smallest absolute Gasteiger partial charge is 0.335 e. The number of ether oxygens (including phenoxy) is 2. The molecule has 1 aromatic rings. The number of hydrogen-bond donors (Lipinski definition) is 6. The predicted octanol–water partition coefficient (Wildman–Crippen LogP) is 4.09. The first-order valence-corrected chi connectivity index (χ1v) is 16.5. The number of benzene rings is 1. The molecular weight excluding hydrogens is 580 g/mol. The molecule has 2 heterocycles. The number of aromatic carboxylic acids is 1. The highest BCUT2D eigenvalue weighted by molar-refractivity contribution is 5.93. The van der Waals surface area contributed by atoms with Crippen LogP contribution >= 0.6 is 0 Å². The Kier molecular flexibility index (Phi) is 14.3. The van der Waals surface area contributed by atoms with Crippen molar-refractivity contribution in [3.63, 3.8) is 0 Å². The molecule has 10 atom stereocenters. The van der Waals surface area contributed by atoms with Gasteiger partial charge in [0, 0.05) is 11.8 Å². The second-order valence-electron chi connectivity index (χ2n) is 13.3. The Hall–Kier alpha value is -2.28. The molecule has 0 aliphatic carbocycles. The van der Waals surface area contributed by atoms with Crippen molar-refractivity contribution in [2.75, 3.05) is 0 Å². The molecule has 2 fully saturated rings. The number of carbonyl (C=O) groups is 1. The third-order valence-electron chi connectivity index (χ3n) is 10.8. The van der Waals surface area contributed by atoms with Crippen molar-refractivity contribution in [3.8, 4) is 5.75 Å². The Balaban J connectivity index is 0.00000345. The van der Waals surface area contributed by atoms with Crippen molar-refractivity contribution in [2.45, 2.75) is 142 Å². The van der Waals surface area contributed by atoms with Crippen LogP contribution in [-0.4, -0.2) is 73.0 Å².